The quantitative estimate of drug-likeness (QED) is 0.904. The van der Waals surface area contributed by atoms with Crippen LogP contribution >= 0.6 is 0 Å². The fourth-order valence-electron chi connectivity index (χ4n) is 2.93. The molecule has 1 unspecified atom stereocenters. The Labute approximate surface area is 127 Å². The average molecular weight is 289 g/mol. The molecule has 2 rings (SSSR count). The summed E-state index contributed by atoms with van der Waals surface area (Å²) in [7, 11) is 0. The van der Waals surface area contributed by atoms with Crippen molar-refractivity contribution in [3.63, 3.8) is 0 Å². The summed E-state index contributed by atoms with van der Waals surface area (Å²) < 4.78 is 0. The van der Waals surface area contributed by atoms with Crippen molar-refractivity contribution < 1.29 is 4.79 Å². The maximum atomic E-state index is 12.3. The molecule has 1 aliphatic heterocycles. The number of anilines is 1. The number of rotatable bonds is 5. The number of nitrogens with zero attached hydrogens (tertiary/aromatic N) is 2. The van der Waals surface area contributed by atoms with Gasteiger partial charge < -0.3 is 10.2 Å². The lowest BCUT2D eigenvalue weighted by molar-refractivity contribution is -0.131. The first-order chi connectivity index (χ1) is 10.1. The Morgan fingerprint density at radius 1 is 1.38 bits per heavy atom. The van der Waals surface area contributed by atoms with E-state index >= 15 is 0 Å². The van der Waals surface area contributed by atoms with Gasteiger partial charge in [-0.3, -0.25) is 4.79 Å². The van der Waals surface area contributed by atoms with Crippen molar-refractivity contribution in [2.75, 3.05) is 18.4 Å². The van der Waals surface area contributed by atoms with Crippen molar-refractivity contribution in [2.24, 2.45) is 11.8 Å². The minimum atomic E-state index is 0.272. The van der Waals surface area contributed by atoms with Crippen molar-refractivity contribution in [1.29, 1.82) is 0 Å². The standard InChI is InChI=1S/C17H27N3O/c1-4-18-16-7-5-6-15(19-16)12-20-11-10-14(13(2)3)8-9-17(20)21/h5-7,13-14H,4,8-12H2,1-3H3,(H,18,19). The van der Waals surface area contributed by atoms with Crippen LogP contribution in [0.3, 0.4) is 0 Å². The topological polar surface area (TPSA) is 45.2 Å². The second-order valence-electron chi connectivity index (χ2n) is 6.19. The van der Waals surface area contributed by atoms with Gasteiger partial charge in [-0.1, -0.05) is 19.9 Å². The molecular formula is C17H27N3O. The Kier molecular flexibility index (Phi) is 5.59. The maximum Gasteiger partial charge on any atom is 0.222 e. The number of nitrogens with one attached hydrogen (secondary N) is 1. The number of pyridine rings is 1. The largest absolute Gasteiger partial charge is 0.370 e. The molecule has 4 heteroatoms. The molecule has 1 atom stereocenters. The van der Waals surface area contributed by atoms with E-state index in [9.17, 15) is 4.79 Å². The van der Waals surface area contributed by atoms with E-state index in [1.807, 2.05) is 23.1 Å². The summed E-state index contributed by atoms with van der Waals surface area (Å²) in [5.74, 6) is 2.49. The zero-order valence-electron chi connectivity index (χ0n) is 13.4. The van der Waals surface area contributed by atoms with Gasteiger partial charge in [0.05, 0.1) is 12.2 Å². The van der Waals surface area contributed by atoms with Crippen LogP contribution in [0.25, 0.3) is 0 Å². The van der Waals surface area contributed by atoms with Gasteiger partial charge in [-0.15, -0.1) is 0 Å². The van der Waals surface area contributed by atoms with Crippen LogP contribution in [-0.2, 0) is 11.3 Å². The molecule has 0 saturated carbocycles. The lowest BCUT2D eigenvalue weighted by atomic mass is 9.89. The molecule has 1 saturated heterocycles. The van der Waals surface area contributed by atoms with Crippen LogP contribution in [-0.4, -0.2) is 28.9 Å². The van der Waals surface area contributed by atoms with Gasteiger partial charge in [0.15, 0.2) is 0 Å². The number of amides is 1. The highest BCUT2D eigenvalue weighted by Gasteiger charge is 2.24. The fourth-order valence-corrected chi connectivity index (χ4v) is 2.93. The van der Waals surface area contributed by atoms with Crippen LogP contribution < -0.4 is 5.32 Å². The first-order valence-corrected chi connectivity index (χ1v) is 8.07. The summed E-state index contributed by atoms with van der Waals surface area (Å²) in [6, 6.07) is 5.96. The van der Waals surface area contributed by atoms with Gasteiger partial charge in [-0.05, 0) is 43.7 Å². The molecular weight excluding hydrogens is 262 g/mol. The second kappa shape index (κ2) is 7.43. The van der Waals surface area contributed by atoms with E-state index in [-0.39, 0.29) is 5.91 Å². The minimum Gasteiger partial charge on any atom is -0.370 e. The highest BCUT2D eigenvalue weighted by molar-refractivity contribution is 5.76. The molecule has 1 aliphatic rings. The molecule has 0 radical (unpaired) electrons. The Morgan fingerprint density at radius 2 is 2.19 bits per heavy atom. The third-order valence-corrected chi connectivity index (χ3v) is 4.31. The minimum absolute atomic E-state index is 0.272. The maximum absolute atomic E-state index is 12.3. The number of hydrogen-bond donors (Lipinski definition) is 1. The molecule has 0 aromatic carbocycles. The molecule has 1 N–H and O–H groups in total. The Balaban J connectivity index is 2.01. The third-order valence-electron chi connectivity index (χ3n) is 4.31. The zero-order valence-corrected chi connectivity index (χ0v) is 13.4. The smallest absolute Gasteiger partial charge is 0.222 e. The summed E-state index contributed by atoms with van der Waals surface area (Å²) in [5.41, 5.74) is 0.963. The highest BCUT2D eigenvalue weighted by Crippen LogP contribution is 2.25. The van der Waals surface area contributed by atoms with E-state index < -0.39 is 0 Å². The highest BCUT2D eigenvalue weighted by atomic mass is 16.2. The van der Waals surface area contributed by atoms with Gasteiger partial charge in [0.25, 0.3) is 0 Å². The molecule has 1 fully saturated rings. The molecule has 0 spiro atoms. The van der Waals surface area contributed by atoms with Crippen LogP contribution in [0.1, 0.15) is 45.7 Å². The van der Waals surface area contributed by atoms with Gasteiger partial charge in [-0.25, -0.2) is 4.98 Å². The monoisotopic (exact) mass is 289 g/mol. The second-order valence-corrected chi connectivity index (χ2v) is 6.19. The number of carbonyl (C=O) groups is 1. The van der Waals surface area contributed by atoms with E-state index in [1.54, 1.807) is 0 Å². The van der Waals surface area contributed by atoms with E-state index in [0.29, 0.717) is 24.8 Å². The summed E-state index contributed by atoms with van der Waals surface area (Å²) >= 11 is 0. The summed E-state index contributed by atoms with van der Waals surface area (Å²) in [6.07, 6.45) is 2.81. The summed E-state index contributed by atoms with van der Waals surface area (Å²) in [4.78, 5) is 18.8. The van der Waals surface area contributed by atoms with Crippen molar-refractivity contribution in [3.8, 4) is 0 Å². The van der Waals surface area contributed by atoms with Crippen molar-refractivity contribution in [3.05, 3.63) is 23.9 Å². The number of aromatic nitrogens is 1. The molecule has 21 heavy (non-hydrogen) atoms. The van der Waals surface area contributed by atoms with Crippen molar-refractivity contribution in [1.82, 2.24) is 9.88 Å². The SMILES string of the molecule is CCNc1cccc(CN2CCC(C(C)C)CCC2=O)n1. The Morgan fingerprint density at radius 3 is 2.90 bits per heavy atom. The van der Waals surface area contributed by atoms with Gasteiger partial charge in [0.1, 0.15) is 5.82 Å². The lowest BCUT2D eigenvalue weighted by Gasteiger charge is -2.21. The molecule has 2 heterocycles. The summed E-state index contributed by atoms with van der Waals surface area (Å²) in [5, 5.41) is 3.22. The van der Waals surface area contributed by atoms with Gasteiger partial charge in [-0.2, -0.15) is 0 Å². The molecule has 1 aromatic rings. The van der Waals surface area contributed by atoms with Crippen LogP contribution in [0.2, 0.25) is 0 Å². The predicted octanol–water partition coefficient (Wildman–Crippen LogP) is 3.30. The van der Waals surface area contributed by atoms with Crippen LogP contribution in [0.15, 0.2) is 18.2 Å². The van der Waals surface area contributed by atoms with E-state index in [4.69, 9.17) is 0 Å². The van der Waals surface area contributed by atoms with Gasteiger partial charge in [0, 0.05) is 19.5 Å². The van der Waals surface area contributed by atoms with Crippen LogP contribution in [0.4, 0.5) is 5.82 Å². The zero-order chi connectivity index (χ0) is 15.2. The van der Waals surface area contributed by atoms with E-state index in [2.05, 4.69) is 31.1 Å². The molecule has 116 valence electrons. The first-order valence-electron chi connectivity index (χ1n) is 8.07. The van der Waals surface area contributed by atoms with E-state index in [0.717, 1.165) is 37.4 Å². The molecule has 1 aromatic heterocycles. The third kappa shape index (κ3) is 4.45. The first kappa shape index (κ1) is 15.8. The molecule has 0 bridgehead atoms. The number of hydrogen-bond acceptors (Lipinski definition) is 3. The molecule has 1 amide bonds. The van der Waals surface area contributed by atoms with E-state index in [1.165, 1.54) is 0 Å². The normalized spacial score (nSPS) is 19.7. The van der Waals surface area contributed by atoms with Crippen LogP contribution in [0.5, 0.6) is 0 Å². The molecule has 0 aliphatic carbocycles. The van der Waals surface area contributed by atoms with Crippen molar-refractivity contribution in [2.45, 2.75) is 46.6 Å². The predicted molar refractivity (Wildman–Crippen MR) is 86.0 cm³/mol. The van der Waals surface area contributed by atoms with Gasteiger partial charge in [0.2, 0.25) is 5.91 Å². The fraction of sp³-hybridized carbons (Fsp3) is 0.647. The van der Waals surface area contributed by atoms with Crippen molar-refractivity contribution >= 4 is 11.7 Å². The van der Waals surface area contributed by atoms with Crippen LogP contribution in [0, 0.1) is 11.8 Å². The average Bonchev–Trinajstić information content (AvgIpc) is 2.63. The van der Waals surface area contributed by atoms with Gasteiger partial charge >= 0.3 is 0 Å². The Hall–Kier alpha value is -1.58. The number of likely N-dealkylation sites (tertiary alicyclic amines) is 1. The lowest BCUT2D eigenvalue weighted by Crippen LogP contribution is -2.30. The number of carbonyl (C=O) groups excluding carboxylic acids is 1. The Bertz CT molecular complexity index is 473. The molecule has 4 nitrogen and oxygen atoms in total. The summed E-state index contributed by atoms with van der Waals surface area (Å²) in [6.45, 7) is 8.91.